The van der Waals surface area contributed by atoms with E-state index in [9.17, 15) is 14.2 Å². The fourth-order valence-electron chi connectivity index (χ4n) is 3.77. The van der Waals surface area contributed by atoms with E-state index in [0.717, 1.165) is 10.8 Å². The molecule has 0 fully saturated rings. The van der Waals surface area contributed by atoms with Crippen LogP contribution in [-0.2, 0) is 14.2 Å². The lowest BCUT2D eigenvalue weighted by Crippen LogP contribution is -2.25. The Labute approximate surface area is 198 Å². The van der Waals surface area contributed by atoms with Crippen LogP contribution in [0.4, 0.5) is 0 Å². The van der Waals surface area contributed by atoms with Crippen molar-refractivity contribution in [1.82, 2.24) is 0 Å². The number of esters is 2. The Hall–Kier alpha value is -3.69. The molecule has 4 aromatic carbocycles. The van der Waals surface area contributed by atoms with Gasteiger partial charge >= 0.3 is 11.9 Å². The smallest absolute Gasteiger partial charge is 0.310 e. The van der Waals surface area contributed by atoms with Gasteiger partial charge in [-0.2, -0.15) is 0 Å². The molecule has 0 saturated carbocycles. The molecular weight excluding hydrogens is 447 g/mol. The van der Waals surface area contributed by atoms with E-state index < -0.39 is 7.14 Å². The van der Waals surface area contributed by atoms with Crippen molar-refractivity contribution >= 4 is 45.8 Å². The Kier molecular flexibility index (Phi) is 6.95. The van der Waals surface area contributed by atoms with Crippen molar-refractivity contribution in [3.63, 3.8) is 0 Å². The van der Waals surface area contributed by atoms with Gasteiger partial charge < -0.3 is 14.0 Å². The van der Waals surface area contributed by atoms with E-state index in [1.165, 1.54) is 0 Å². The number of carbonyl (C=O) groups excluding carboxylic acids is 2. The van der Waals surface area contributed by atoms with Crippen LogP contribution >= 0.6 is 7.14 Å². The van der Waals surface area contributed by atoms with Gasteiger partial charge in [0.2, 0.25) is 0 Å². The Balaban J connectivity index is 1.86. The van der Waals surface area contributed by atoms with Crippen molar-refractivity contribution in [3.05, 3.63) is 91.0 Å². The van der Waals surface area contributed by atoms with E-state index >= 15 is 0 Å². The Morgan fingerprint density at radius 1 is 0.647 bits per heavy atom. The zero-order valence-corrected chi connectivity index (χ0v) is 20.0. The minimum absolute atomic E-state index is 0.269. The van der Waals surface area contributed by atoms with Crippen LogP contribution in [0.3, 0.4) is 0 Å². The van der Waals surface area contributed by atoms with Gasteiger partial charge in [-0.3, -0.25) is 9.59 Å². The molecule has 0 aliphatic heterocycles. The molecule has 0 radical (unpaired) electrons. The van der Waals surface area contributed by atoms with Crippen LogP contribution in [0.2, 0.25) is 0 Å². The third kappa shape index (κ3) is 4.66. The molecule has 0 aliphatic carbocycles. The summed E-state index contributed by atoms with van der Waals surface area (Å²) in [7, 11) is -3.32. The number of hydrogen-bond acceptors (Lipinski definition) is 5. The average molecular weight is 472 g/mol. The molecule has 0 spiro atoms. The monoisotopic (exact) mass is 472 g/mol. The summed E-state index contributed by atoms with van der Waals surface area (Å²) >= 11 is 0. The molecule has 0 amide bonds. The quantitative estimate of drug-likeness (QED) is 0.212. The molecule has 6 heteroatoms. The molecule has 0 N–H and O–H groups in total. The maximum atomic E-state index is 15.0. The number of fused-ring (bicyclic) bond motifs is 1. The van der Waals surface area contributed by atoms with Crippen LogP contribution in [0.1, 0.15) is 26.7 Å². The lowest BCUT2D eigenvalue weighted by molar-refractivity contribution is -0.134. The van der Waals surface area contributed by atoms with Crippen molar-refractivity contribution in [2.45, 2.75) is 26.7 Å². The van der Waals surface area contributed by atoms with Gasteiger partial charge in [0.25, 0.3) is 0 Å². The molecular formula is C28H25O5P. The van der Waals surface area contributed by atoms with Crippen LogP contribution in [0.5, 0.6) is 11.5 Å². The summed E-state index contributed by atoms with van der Waals surface area (Å²) in [5.74, 6) is 0.146. The van der Waals surface area contributed by atoms with Gasteiger partial charge in [0, 0.05) is 28.8 Å². The molecule has 0 aliphatic rings. The van der Waals surface area contributed by atoms with Crippen LogP contribution < -0.4 is 25.4 Å². The predicted octanol–water partition coefficient (Wildman–Crippen LogP) is 5.11. The molecule has 0 unspecified atom stereocenters. The number of carbonyl (C=O) groups is 2. The van der Waals surface area contributed by atoms with E-state index in [-0.39, 0.29) is 24.8 Å². The molecule has 0 saturated heterocycles. The fraction of sp³-hybridized carbons (Fsp3) is 0.143. The highest BCUT2D eigenvalue weighted by molar-refractivity contribution is 7.85. The third-order valence-electron chi connectivity index (χ3n) is 5.55. The van der Waals surface area contributed by atoms with Gasteiger partial charge in [0.15, 0.2) is 7.14 Å². The number of hydrogen-bond donors (Lipinski definition) is 0. The zero-order valence-electron chi connectivity index (χ0n) is 19.1. The SMILES string of the molecule is CCC(=O)Oc1ccc(P(=O)(c2ccc(OC(=O)CC)cc2)c2cccc3ccccc23)cc1. The summed E-state index contributed by atoms with van der Waals surface area (Å²) in [5.41, 5.74) is 0. The van der Waals surface area contributed by atoms with Crippen molar-refractivity contribution < 1.29 is 23.6 Å². The second-order valence-electron chi connectivity index (χ2n) is 7.75. The van der Waals surface area contributed by atoms with E-state index in [1.807, 2.05) is 42.5 Å². The van der Waals surface area contributed by atoms with Gasteiger partial charge in [0.1, 0.15) is 11.5 Å². The zero-order chi connectivity index (χ0) is 24.1. The number of rotatable bonds is 7. The standard InChI is InChI=1S/C28H25O5P/c1-3-27(29)32-21-12-16-23(17-13-21)34(31,24-18-14-22(15-19-24)33-28(30)4-2)26-11-7-9-20-8-5-6-10-25(20)26/h5-19H,3-4H2,1-2H3. The van der Waals surface area contributed by atoms with Crippen molar-refractivity contribution in [2.24, 2.45) is 0 Å². The highest BCUT2D eigenvalue weighted by Crippen LogP contribution is 2.45. The first-order valence-electron chi connectivity index (χ1n) is 11.2. The van der Waals surface area contributed by atoms with Gasteiger partial charge in [-0.15, -0.1) is 0 Å². The van der Waals surface area contributed by atoms with Crippen LogP contribution in [0, 0.1) is 0 Å². The summed E-state index contributed by atoms with van der Waals surface area (Å²) in [4.78, 5) is 23.3. The highest BCUT2D eigenvalue weighted by atomic mass is 31.2. The van der Waals surface area contributed by atoms with Crippen LogP contribution in [0.15, 0.2) is 91.0 Å². The lowest BCUT2D eigenvalue weighted by atomic mass is 10.1. The lowest BCUT2D eigenvalue weighted by Gasteiger charge is -2.22. The molecule has 0 aromatic heterocycles. The fourth-order valence-corrected chi connectivity index (χ4v) is 6.60. The summed E-state index contributed by atoms with van der Waals surface area (Å²) in [6.45, 7) is 3.46. The average Bonchev–Trinajstić information content (AvgIpc) is 2.88. The highest BCUT2D eigenvalue weighted by Gasteiger charge is 2.31. The van der Waals surface area contributed by atoms with Crippen LogP contribution in [-0.4, -0.2) is 11.9 Å². The third-order valence-corrected chi connectivity index (χ3v) is 8.67. The molecule has 0 atom stereocenters. The van der Waals surface area contributed by atoms with Crippen molar-refractivity contribution in [3.8, 4) is 11.5 Å². The number of ether oxygens (including phenoxy) is 2. The van der Waals surface area contributed by atoms with Crippen molar-refractivity contribution in [1.29, 1.82) is 0 Å². The number of benzene rings is 4. The Morgan fingerprint density at radius 3 is 1.62 bits per heavy atom. The maximum Gasteiger partial charge on any atom is 0.310 e. The first kappa shape index (κ1) is 23.5. The van der Waals surface area contributed by atoms with Gasteiger partial charge in [-0.1, -0.05) is 56.3 Å². The minimum atomic E-state index is -3.32. The summed E-state index contributed by atoms with van der Waals surface area (Å²) in [5, 5.41) is 3.82. The van der Waals surface area contributed by atoms with Gasteiger partial charge in [-0.25, -0.2) is 0 Å². The van der Waals surface area contributed by atoms with E-state index in [4.69, 9.17) is 9.47 Å². The summed E-state index contributed by atoms with van der Waals surface area (Å²) < 4.78 is 25.6. The molecule has 0 heterocycles. The van der Waals surface area contributed by atoms with E-state index in [0.29, 0.717) is 27.4 Å². The second kappa shape index (κ2) is 10.1. The normalized spacial score (nSPS) is 11.2. The molecule has 5 nitrogen and oxygen atoms in total. The summed E-state index contributed by atoms with van der Waals surface area (Å²) in [6.07, 6.45) is 0.538. The Morgan fingerprint density at radius 2 is 1.12 bits per heavy atom. The molecule has 4 rings (SSSR count). The predicted molar refractivity (Wildman–Crippen MR) is 135 cm³/mol. The van der Waals surface area contributed by atoms with Gasteiger partial charge in [0.05, 0.1) is 0 Å². The largest absolute Gasteiger partial charge is 0.427 e. The Bertz CT molecular complexity index is 1300. The second-order valence-corrected chi connectivity index (χ2v) is 10.5. The van der Waals surface area contributed by atoms with E-state index in [1.54, 1.807) is 62.4 Å². The van der Waals surface area contributed by atoms with E-state index in [2.05, 4.69) is 0 Å². The molecule has 0 bridgehead atoms. The topological polar surface area (TPSA) is 69.7 Å². The first-order chi connectivity index (χ1) is 16.5. The maximum absolute atomic E-state index is 15.0. The minimum Gasteiger partial charge on any atom is -0.427 e. The van der Waals surface area contributed by atoms with Crippen LogP contribution in [0.25, 0.3) is 10.8 Å². The van der Waals surface area contributed by atoms with Gasteiger partial charge in [-0.05, 0) is 59.3 Å². The summed E-state index contributed by atoms with van der Waals surface area (Å²) in [6, 6.07) is 27.2. The molecule has 172 valence electrons. The molecule has 34 heavy (non-hydrogen) atoms. The molecule has 4 aromatic rings. The first-order valence-corrected chi connectivity index (χ1v) is 12.9. The van der Waals surface area contributed by atoms with Crippen molar-refractivity contribution in [2.75, 3.05) is 0 Å².